The van der Waals surface area contributed by atoms with Crippen molar-refractivity contribution in [2.45, 2.75) is 242 Å². The largest absolute Gasteiger partial charge is 0.432 e. The molecule has 9 rings (SSSR count). The first-order valence-electron chi connectivity index (χ1n) is 27.8. The fraction of sp³-hybridized carbons (Fsp3) is 0.944. The molecule has 23 nitrogen and oxygen atoms in total. The van der Waals surface area contributed by atoms with Gasteiger partial charge in [-0.2, -0.15) is 0 Å². The van der Waals surface area contributed by atoms with E-state index >= 15 is 4.79 Å². The van der Waals surface area contributed by atoms with Crippen molar-refractivity contribution in [2.75, 3.05) is 26.4 Å². The van der Waals surface area contributed by atoms with Gasteiger partial charge < -0.3 is 109 Å². The van der Waals surface area contributed by atoms with Gasteiger partial charge in [-0.15, -0.1) is 0 Å². The number of allylic oxidation sites excluding steroid dienone is 2. The normalized spacial score (nSPS) is 53.4. The van der Waals surface area contributed by atoms with E-state index in [1.54, 1.807) is 0 Å². The second kappa shape index (κ2) is 21.8. The van der Waals surface area contributed by atoms with E-state index in [0.717, 1.165) is 32.1 Å². The molecule has 4 saturated carbocycles. The number of carbonyl (C=O) groups excluding carboxylic acids is 1. The number of aliphatic hydroxyl groups is 14. The van der Waals surface area contributed by atoms with E-state index in [-0.39, 0.29) is 39.4 Å². The lowest BCUT2D eigenvalue weighted by molar-refractivity contribution is -0.345. The first-order chi connectivity index (χ1) is 36.0. The van der Waals surface area contributed by atoms with E-state index < -0.39 is 172 Å². The predicted molar refractivity (Wildman–Crippen MR) is 263 cm³/mol. The average Bonchev–Trinajstić information content (AvgIpc) is 3.49. The summed E-state index contributed by atoms with van der Waals surface area (Å²) in [4.78, 5) is 15.1. The van der Waals surface area contributed by atoms with Crippen LogP contribution in [0.1, 0.15) is 113 Å². The van der Waals surface area contributed by atoms with Gasteiger partial charge in [-0.25, -0.2) is 0 Å². The maximum Gasteiger partial charge on any atom is 0.315 e. The van der Waals surface area contributed by atoms with E-state index in [0.29, 0.717) is 32.1 Å². The summed E-state index contributed by atoms with van der Waals surface area (Å²) in [6, 6.07) is 0. The number of aliphatic hydroxyl groups excluding tert-OH is 14. The van der Waals surface area contributed by atoms with Gasteiger partial charge in [0.1, 0.15) is 97.7 Å². The van der Waals surface area contributed by atoms with Gasteiger partial charge in [-0.05, 0) is 109 Å². The van der Waals surface area contributed by atoms with Gasteiger partial charge in [0.2, 0.25) is 6.29 Å². The third-order valence-corrected chi connectivity index (χ3v) is 21.4. The summed E-state index contributed by atoms with van der Waals surface area (Å²) in [6.45, 7) is 13.5. The second-order valence-electron chi connectivity index (χ2n) is 26.4. The van der Waals surface area contributed by atoms with E-state index in [1.807, 2.05) is 0 Å². The van der Waals surface area contributed by atoms with Crippen LogP contribution in [0.2, 0.25) is 0 Å². The molecular formula is C54H88O23. The Balaban J connectivity index is 0.897. The van der Waals surface area contributed by atoms with Crippen LogP contribution in [-0.2, 0) is 42.7 Å². The summed E-state index contributed by atoms with van der Waals surface area (Å²) < 4.78 is 47.0. The van der Waals surface area contributed by atoms with Gasteiger partial charge in [-0.1, -0.05) is 60.1 Å². The number of hydrogen-bond donors (Lipinski definition) is 14. The maximum atomic E-state index is 15.1. The first kappa shape index (κ1) is 60.0. The molecule has 0 unspecified atom stereocenters. The SMILES string of the molecule is CC1(C)CC[C@@]2(C(=O)O[C@H]3O[C@@H](CO[C@H]4O[C@@H](CO)[C@H](O)[C@@H](O)[C@@H]4O)[C@H](O)[C@@H](O)[C@@H]3O)CC[C@]3(C)C(=CC[C@H]4[C@]5(C)CC[C@@H](O[C@H]6O[C@@H](CO[C@H]7O[C@@H](CO)[C@H](O)[C@@H](O)[C@@H]7O)[C@H](O)[C@@H](O)[C@@H]6O)C(C)(C)[C@H]5CC[C@]43C)[C@H]2C1. The molecule has 14 N–H and O–H groups in total. The van der Waals surface area contributed by atoms with Gasteiger partial charge in [0.05, 0.1) is 37.9 Å². The maximum absolute atomic E-state index is 15.1. The van der Waals surface area contributed by atoms with Crippen LogP contribution in [0.5, 0.6) is 0 Å². The van der Waals surface area contributed by atoms with Crippen LogP contribution < -0.4 is 0 Å². The highest BCUT2D eigenvalue weighted by atomic mass is 16.8. The highest BCUT2D eigenvalue weighted by Gasteiger charge is 2.70. The quantitative estimate of drug-likeness (QED) is 0.0569. The molecule has 0 aromatic heterocycles. The molecule has 0 aromatic carbocycles. The summed E-state index contributed by atoms with van der Waals surface area (Å²) in [5.41, 5.74) is -1.12. The van der Waals surface area contributed by atoms with Gasteiger partial charge in [0, 0.05) is 0 Å². The Morgan fingerprint density at radius 3 is 1.53 bits per heavy atom. The molecule has 28 atom stereocenters. The van der Waals surface area contributed by atoms with Crippen LogP contribution in [0.3, 0.4) is 0 Å². The lowest BCUT2D eigenvalue weighted by Crippen LogP contribution is -2.66. The summed E-state index contributed by atoms with van der Waals surface area (Å²) in [7, 11) is 0. The Bertz CT molecular complexity index is 2110. The van der Waals surface area contributed by atoms with E-state index in [1.165, 1.54) is 5.57 Å². The van der Waals surface area contributed by atoms with Crippen LogP contribution in [0, 0.1) is 50.2 Å². The number of esters is 1. The van der Waals surface area contributed by atoms with Crippen LogP contribution in [0.15, 0.2) is 11.6 Å². The van der Waals surface area contributed by atoms with Crippen molar-refractivity contribution in [3.05, 3.63) is 11.6 Å². The third-order valence-electron chi connectivity index (χ3n) is 21.4. The summed E-state index contributed by atoms with van der Waals surface area (Å²) in [5, 5.41) is 148. The molecule has 4 heterocycles. The van der Waals surface area contributed by atoms with Crippen LogP contribution in [0.25, 0.3) is 0 Å². The Labute approximate surface area is 449 Å². The molecule has 0 amide bonds. The standard InChI is InChI=1S/C54H88O23/c1-49(2)14-16-54(48(69)77-47-43(68)39(64)35(60)28(75-47)22-71-45-41(66)37(62)33(58)26(20-56)73-45)17-15-52(6)23(24(54)18-49)8-9-30-51(5)12-11-31(50(3,4)29(51)10-13-53(30,52)7)76-46-42(67)38(63)34(59)27(74-46)21-70-44-40(65)36(61)32(57)25(19-55)72-44/h8,24-47,55-68H,9-22H2,1-7H3/t24-,25+,26+,27+,28+,29-,30+,31-,32+,33+,34+,35+,36-,37-,38-,39-,40+,41+,42+,43+,44+,45+,46-,47-,51-,52-,53-,54-/m1/s1. The molecule has 0 bridgehead atoms. The fourth-order valence-corrected chi connectivity index (χ4v) is 16.3. The molecule has 442 valence electrons. The lowest BCUT2D eigenvalue weighted by Gasteiger charge is -2.71. The van der Waals surface area contributed by atoms with Crippen molar-refractivity contribution in [3.63, 3.8) is 0 Å². The number of fused-ring (bicyclic) bond motifs is 7. The lowest BCUT2D eigenvalue weighted by atomic mass is 9.33. The molecule has 5 aliphatic carbocycles. The number of rotatable bonds is 12. The average molecular weight is 1110 g/mol. The minimum atomic E-state index is -1.83. The molecule has 4 saturated heterocycles. The first-order valence-corrected chi connectivity index (χ1v) is 27.8. The van der Waals surface area contributed by atoms with Crippen molar-refractivity contribution < 1.29 is 114 Å². The third kappa shape index (κ3) is 10.00. The Kier molecular flexibility index (Phi) is 17.0. The molecule has 8 fully saturated rings. The summed E-state index contributed by atoms with van der Waals surface area (Å²) in [6.07, 6.45) is -23.0. The molecular weight excluding hydrogens is 1020 g/mol. The van der Waals surface area contributed by atoms with Crippen LogP contribution in [-0.4, -0.2) is 233 Å². The Hall–Kier alpha value is -1.63. The van der Waals surface area contributed by atoms with Crippen molar-refractivity contribution >= 4 is 5.97 Å². The highest BCUT2D eigenvalue weighted by molar-refractivity contribution is 5.79. The predicted octanol–water partition coefficient (Wildman–Crippen LogP) is -2.04. The molecule has 23 heteroatoms. The molecule has 0 aromatic rings. The molecule has 0 spiro atoms. The molecule has 4 aliphatic heterocycles. The van der Waals surface area contributed by atoms with Crippen molar-refractivity contribution in [2.24, 2.45) is 50.2 Å². The van der Waals surface area contributed by atoms with Crippen LogP contribution >= 0.6 is 0 Å². The second-order valence-corrected chi connectivity index (χ2v) is 26.4. The topological polar surface area (TPSA) is 374 Å². The zero-order chi connectivity index (χ0) is 56.3. The Morgan fingerprint density at radius 2 is 1.00 bits per heavy atom. The van der Waals surface area contributed by atoms with Crippen molar-refractivity contribution in [1.29, 1.82) is 0 Å². The molecule has 9 aliphatic rings. The van der Waals surface area contributed by atoms with Gasteiger partial charge >= 0.3 is 5.97 Å². The van der Waals surface area contributed by atoms with Gasteiger partial charge in [0.25, 0.3) is 0 Å². The zero-order valence-electron chi connectivity index (χ0n) is 45.3. The molecule has 77 heavy (non-hydrogen) atoms. The van der Waals surface area contributed by atoms with Crippen molar-refractivity contribution in [3.8, 4) is 0 Å². The zero-order valence-corrected chi connectivity index (χ0v) is 45.3. The number of carbonyl (C=O) groups is 1. The van der Waals surface area contributed by atoms with Crippen LogP contribution in [0.4, 0.5) is 0 Å². The van der Waals surface area contributed by atoms with E-state index in [2.05, 4.69) is 54.5 Å². The summed E-state index contributed by atoms with van der Waals surface area (Å²) in [5.74, 6) is -0.449. The minimum absolute atomic E-state index is 0.133. The van der Waals surface area contributed by atoms with E-state index in [4.69, 9.17) is 37.9 Å². The van der Waals surface area contributed by atoms with Crippen molar-refractivity contribution in [1.82, 2.24) is 0 Å². The number of hydrogen-bond acceptors (Lipinski definition) is 23. The summed E-state index contributed by atoms with van der Waals surface area (Å²) >= 11 is 0. The smallest absolute Gasteiger partial charge is 0.315 e. The van der Waals surface area contributed by atoms with E-state index in [9.17, 15) is 71.5 Å². The number of ether oxygens (including phenoxy) is 8. The molecule has 0 radical (unpaired) electrons. The minimum Gasteiger partial charge on any atom is -0.432 e. The van der Waals surface area contributed by atoms with Gasteiger partial charge in [-0.3, -0.25) is 4.79 Å². The fourth-order valence-electron chi connectivity index (χ4n) is 16.3. The highest BCUT2D eigenvalue weighted by Crippen LogP contribution is 2.76. The Morgan fingerprint density at radius 1 is 0.532 bits per heavy atom. The monoisotopic (exact) mass is 1100 g/mol. The van der Waals surface area contributed by atoms with Gasteiger partial charge in [0.15, 0.2) is 18.9 Å².